The highest BCUT2D eigenvalue weighted by atomic mass is 32.2. The van der Waals surface area contributed by atoms with E-state index in [-0.39, 0.29) is 29.8 Å². The number of benzene rings is 1. The molecule has 0 aromatic heterocycles. The Morgan fingerprint density at radius 3 is 2.42 bits per heavy atom. The highest BCUT2D eigenvalue weighted by Crippen LogP contribution is 2.34. The number of methoxy groups -OCH3 is 1. The van der Waals surface area contributed by atoms with Crippen molar-refractivity contribution in [3.63, 3.8) is 0 Å². The summed E-state index contributed by atoms with van der Waals surface area (Å²) in [5, 5.41) is 4.93. The Bertz CT molecular complexity index is 846. The van der Waals surface area contributed by atoms with Gasteiger partial charge in [0.1, 0.15) is 16.2 Å². The summed E-state index contributed by atoms with van der Waals surface area (Å²) < 4.78 is 32.7. The van der Waals surface area contributed by atoms with E-state index in [1.54, 1.807) is 25.1 Å². The van der Waals surface area contributed by atoms with E-state index >= 15 is 0 Å². The molecule has 2 aliphatic heterocycles. The molecule has 2 heterocycles. The van der Waals surface area contributed by atoms with Gasteiger partial charge in [-0.3, -0.25) is 10.1 Å². The molecule has 0 aliphatic carbocycles. The minimum Gasteiger partial charge on any atom is -0.495 e. The van der Waals surface area contributed by atoms with Gasteiger partial charge in [-0.05, 0) is 50.3 Å². The number of ether oxygens (including phenoxy) is 1. The van der Waals surface area contributed by atoms with E-state index in [1.807, 2.05) is 6.92 Å². The zero-order valence-corrected chi connectivity index (χ0v) is 15.9. The second kappa shape index (κ2) is 6.55. The summed E-state index contributed by atoms with van der Waals surface area (Å²) in [4.78, 5) is 23.7. The lowest BCUT2D eigenvalue weighted by Gasteiger charge is -2.38. The summed E-state index contributed by atoms with van der Waals surface area (Å²) in [5.74, 6) is -0.170. The number of amides is 3. The summed E-state index contributed by atoms with van der Waals surface area (Å²) in [6.07, 6.45) is 0.967. The Hall–Kier alpha value is -2.13. The lowest BCUT2D eigenvalue weighted by Crippen LogP contribution is -2.54. The van der Waals surface area contributed by atoms with Gasteiger partial charge in [-0.1, -0.05) is 6.07 Å². The SMILES string of the molecule is COc1ccc(C)cc1S(=O)(=O)N1CCC([C@]2(C)NC(=O)NC2=O)CC1. The minimum absolute atomic E-state index is 0.125. The standard InChI is InChI=1S/C17H23N3O5S/c1-11-4-5-13(25-3)14(10-11)26(23,24)20-8-6-12(7-9-20)17(2)15(21)18-16(22)19-17/h4-5,10,12H,6-9H2,1-3H3,(H2,18,19,21,22)/t17-/m0/s1. The summed E-state index contributed by atoms with van der Waals surface area (Å²) in [5.41, 5.74) is -0.161. The molecule has 1 aromatic rings. The van der Waals surface area contributed by atoms with Crippen LogP contribution >= 0.6 is 0 Å². The molecule has 0 bridgehead atoms. The fraction of sp³-hybridized carbons (Fsp3) is 0.529. The Labute approximate surface area is 152 Å². The molecule has 0 spiro atoms. The molecule has 0 saturated carbocycles. The van der Waals surface area contributed by atoms with E-state index < -0.39 is 21.6 Å². The number of piperidine rings is 1. The van der Waals surface area contributed by atoms with Gasteiger partial charge < -0.3 is 10.1 Å². The fourth-order valence-corrected chi connectivity index (χ4v) is 5.35. The number of aryl methyl sites for hydroxylation is 1. The molecule has 9 heteroatoms. The average Bonchev–Trinajstić information content (AvgIpc) is 2.88. The molecule has 142 valence electrons. The van der Waals surface area contributed by atoms with E-state index in [4.69, 9.17) is 4.74 Å². The van der Waals surface area contributed by atoms with Crippen LogP contribution in [0.2, 0.25) is 0 Å². The first-order valence-electron chi connectivity index (χ1n) is 8.47. The highest BCUT2D eigenvalue weighted by molar-refractivity contribution is 7.89. The largest absolute Gasteiger partial charge is 0.495 e. The van der Waals surface area contributed by atoms with Crippen LogP contribution in [0, 0.1) is 12.8 Å². The number of nitrogens with zero attached hydrogens (tertiary/aromatic N) is 1. The van der Waals surface area contributed by atoms with E-state index in [0.29, 0.717) is 18.6 Å². The summed E-state index contributed by atoms with van der Waals surface area (Å²) in [7, 11) is -2.26. The van der Waals surface area contributed by atoms with Crippen molar-refractivity contribution in [3.05, 3.63) is 23.8 Å². The van der Waals surface area contributed by atoms with Gasteiger partial charge in [-0.2, -0.15) is 4.31 Å². The Morgan fingerprint density at radius 1 is 1.23 bits per heavy atom. The maximum atomic E-state index is 13.0. The van der Waals surface area contributed by atoms with Crippen LogP contribution in [0.25, 0.3) is 0 Å². The van der Waals surface area contributed by atoms with Crippen molar-refractivity contribution in [1.29, 1.82) is 0 Å². The van der Waals surface area contributed by atoms with Gasteiger partial charge in [0.2, 0.25) is 10.0 Å². The number of sulfonamides is 1. The van der Waals surface area contributed by atoms with Crippen LogP contribution in [0.3, 0.4) is 0 Å². The number of urea groups is 1. The molecule has 0 unspecified atom stereocenters. The topological polar surface area (TPSA) is 105 Å². The molecule has 3 rings (SSSR count). The molecule has 2 aliphatic rings. The third-order valence-corrected chi connectivity index (χ3v) is 7.20. The molecular weight excluding hydrogens is 358 g/mol. The first-order valence-corrected chi connectivity index (χ1v) is 9.91. The number of hydrogen-bond donors (Lipinski definition) is 2. The molecule has 26 heavy (non-hydrogen) atoms. The third-order valence-electron chi connectivity index (χ3n) is 5.28. The maximum absolute atomic E-state index is 13.0. The van der Waals surface area contributed by atoms with Gasteiger partial charge in [0.25, 0.3) is 5.91 Å². The number of carbonyl (C=O) groups excluding carboxylic acids is 2. The molecule has 1 aromatic carbocycles. The Balaban J connectivity index is 1.79. The predicted octanol–water partition coefficient (Wildman–Crippen LogP) is 1.00. The summed E-state index contributed by atoms with van der Waals surface area (Å²) in [6, 6.07) is 4.55. The molecule has 0 radical (unpaired) electrons. The van der Waals surface area contributed by atoms with Gasteiger partial charge in [0.05, 0.1) is 7.11 Å². The zero-order valence-electron chi connectivity index (χ0n) is 15.0. The lowest BCUT2D eigenvalue weighted by molar-refractivity contribution is -0.125. The molecule has 1 atom stereocenters. The van der Waals surface area contributed by atoms with Crippen LogP contribution in [0.5, 0.6) is 5.75 Å². The van der Waals surface area contributed by atoms with Crippen LogP contribution < -0.4 is 15.4 Å². The second-order valence-corrected chi connectivity index (χ2v) is 8.85. The molecule has 2 saturated heterocycles. The van der Waals surface area contributed by atoms with E-state index in [1.165, 1.54) is 11.4 Å². The number of imide groups is 1. The zero-order chi connectivity index (χ0) is 19.1. The van der Waals surface area contributed by atoms with Crippen LogP contribution in [-0.4, -0.2) is 50.4 Å². The quantitative estimate of drug-likeness (QED) is 0.757. The predicted molar refractivity (Wildman–Crippen MR) is 94.3 cm³/mol. The Morgan fingerprint density at radius 2 is 1.88 bits per heavy atom. The van der Waals surface area contributed by atoms with Crippen molar-refractivity contribution in [2.75, 3.05) is 20.2 Å². The van der Waals surface area contributed by atoms with Crippen molar-refractivity contribution in [3.8, 4) is 5.75 Å². The van der Waals surface area contributed by atoms with Crippen molar-refractivity contribution < 1.29 is 22.7 Å². The molecule has 2 N–H and O–H groups in total. The smallest absolute Gasteiger partial charge is 0.322 e. The average molecular weight is 381 g/mol. The first-order chi connectivity index (χ1) is 12.2. The van der Waals surface area contributed by atoms with E-state index in [0.717, 1.165) is 5.56 Å². The van der Waals surface area contributed by atoms with Crippen molar-refractivity contribution in [1.82, 2.24) is 14.9 Å². The minimum atomic E-state index is -3.70. The second-order valence-electron chi connectivity index (χ2n) is 6.94. The molecule has 2 fully saturated rings. The van der Waals surface area contributed by atoms with E-state index in [2.05, 4.69) is 10.6 Å². The lowest BCUT2D eigenvalue weighted by atomic mass is 9.79. The van der Waals surface area contributed by atoms with Gasteiger partial charge in [0.15, 0.2) is 0 Å². The highest BCUT2D eigenvalue weighted by Gasteiger charge is 2.49. The number of carbonyl (C=O) groups is 2. The first kappa shape index (κ1) is 18.7. The normalized spacial score (nSPS) is 25.0. The van der Waals surface area contributed by atoms with Gasteiger partial charge in [-0.15, -0.1) is 0 Å². The molecule has 8 nitrogen and oxygen atoms in total. The monoisotopic (exact) mass is 381 g/mol. The number of nitrogens with one attached hydrogen (secondary N) is 2. The maximum Gasteiger partial charge on any atom is 0.322 e. The van der Waals surface area contributed by atoms with Crippen LogP contribution in [0.1, 0.15) is 25.3 Å². The number of rotatable bonds is 4. The van der Waals surface area contributed by atoms with Gasteiger partial charge in [0, 0.05) is 13.1 Å². The van der Waals surface area contributed by atoms with Crippen LogP contribution in [0.4, 0.5) is 4.79 Å². The summed E-state index contributed by atoms with van der Waals surface area (Å²) >= 11 is 0. The third kappa shape index (κ3) is 3.05. The summed E-state index contributed by atoms with van der Waals surface area (Å²) in [6.45, 7) is 4.07. The Kier molecular flexibility index (Phi) is 4.70. The van der Waals surface area contributed by atoms with Crippen LogP contribution in [0.15, 0.2) is 23.1 Å². The van der Waals surface area contributed by atoms with Gasteiger partial charge in [-0.25, -0.2) is 13.2 Å². The van der Waals surface area contributed by atoms with Crippen molar-refractivity contribution in [2.24, 2.45) is 5.92 Å². The molecular formula is C17H23N3O5S. The fourth-order valence-electron chi connectivity index (χ4n) is 3.64. The van der Waals surface area contributed by atoms with E-state index in [9.17, 15) is 18.0 Å². The molecule has 3 amide bonds. The van der Waals surface area contributed by atoms with Gasteiger partial charge >= 0.3 is 6.03 Å². The number of hydrogen-bond acceptors (Lipinski definition) is 5. The van der Waals surface area contributed by atoms with Crippen molar-refractivity contribution in [2.45, 2.75) is 37.1 Å². The van der Waals surface area contributed by atoms with Crippen molar-refractivity contribution >= 4 is 22.0 Å². The van der Waals surface area contributed by atoms with Crippen LogP contribution in [-0.2, 0) is 14.8 Å².